The number of ether oxygens (including phenoxy) is 1. The molecule has 2 aromatic carbocycles. The second-order valence-electron chi connectivity index (χ2n) is 7.71. The Kier molecular flexibility index (Phi) is 5.12. The van der Waals surface area contributed by atoms with Gasteiger partial charge < -0.3 is 9.64 Å². The summed E-state index contributed by atoms with van der Waals surface area (Å²) >= 11 is 0. The van der Waals surface area contributed by atoms with E-state index in [0.29, 0.717) is 31.7 Å². The van der Waals surface area contributed by atoms with Crippen molar-refractivity contribution in [3.05, 3.63) is 65.5 Å². The highest BCUT2D eigenvalue weighted by Crippen LogP contribution is 2.37. The molecule has 1 spiro atoms. The van der Waals surface area contributed by atoms with Gasteiger partial charge in [-0.3, -0.25) is 9.69 Å². The number of amides is 1. The molecule has 2 aliphatic heterocycles. The molecule has 0 aliphatic carbocycles. The molecule has 0 bridgehead atoms. The van der Waals surface area contributed by atoms with Crippen LogP contribution in [0.5, 0.6) is 0 Å². The van der Waals surface area contributed by atoms with Gasteiger partial charge in [-0.25, -0.2) is 4.39 Å². The summed E-state index contributed by atoms with van der Waals surface area (Å²) in [5.74, 6) is -0.257. The maximum absolute atomic E-state index is 13.2. The molecule has 4 rings (SSSR count). The predicted molar refractivity (Wildman–Crippen MR) is 103 cm³/mol. The zero-order valence-electron chi connectivity index (χ0n) is 15.6. The molecule has 28 heavy (non-hydrogen) atoms. The number of hydrogen-bond acceptors (Lipinski definition) is 4. The molecule has 1 atom stereocenters. The Morgan fingerprint density at radius 1 is 1.11 bits per heavy atom. The molecule has 2 aliphatic rings. The molecule has 2 aromatic rings. The van der Waals surface area contributed by atoms with Crippen molar-refractivity contribution in [2.75, 3.05) is 37.7 Å². The molecule has 144 valence electrons. The summed E-state index contributed by atoms with van der Waals surface area (Å²) in [6.07, 6.45) is 0.425. The molecular formula is C22H22FN3O2. The summed E-state index contributed by atoms with van der Waals surface area (Å²) in [5, 5.41) is 8.95. The van der Waals surface area contributed by atoms with Crippen LogP contribution in [-0.2, 0) is 16.1 Å². The third-order valence-electron chi connectivity index (χ3n) is 5.47. The first kappa shape index (κ1) is 18.6. The lowest BCUT2D eigenvalue weighted by atomic mass is 9.87. The van der Waals surface area contributed by atoms with Crippen molar-refractivity contribution in [1.29, 1.82) is 5.26 Å². The molecule has 5 nitrogen and oxygen atoms in total. The summed E-state index contributed by atoms with van der Waals surface area (Å²) < 4.78 is 19.1. The van der Waals surface area contributed by atoms with E-state index in [4.69, 9.17) is 10.00 Å². The van der Waals surface area contributed by atoms with Crippen molar-refractivity contribution in [3.8, 4) is 6.07 Å². The minimum Gasteiger partial charge on any atom is -0.379 e. The van der Waals surface area contributed by atoms with Crippen LogP contribution in [0.2, 0.25) is 0 Å². The van der Waals surface area contributed by atoms with Gasteiger partial charge in [0, 0.05) is 43.7 Å². The van der Waals surface area contributed by atoms with Gasteiger partial charge >= 0.3 is 0 Å². The van der Waals surface area contributed by atoms with E-state index in [0.717, 1.165) is 30.9 Å². The van der Waals surface area contributed by atoms with Crippen molar-refractivity contribution in [2.45, 2.75) is 13.0 Å². The van der Waals surface area contributed by atoms with Crippen LogP contribution in [0.3, 0.4) is 0 Å². The van der Waals surface area contributed by atoms with Crippen LogP contribution in [0.15, 0.2) is 48.5 Å². The number of nitrogens with zero attached hydrogens (tertiary/aromatic N) is 3. The average molecular weight is 379 g/mol. The highest BCUT2D eigenvalue weighted by atomic mass is 19.1. The number of halogens is 1. The summed E-state index contributed by atoms with van der Waals surface area (Å²) in [6.45, 7) is 4.05. The molecule has 6 heteroatoms. The van der Waals surface area contributed by atoms with Crippen LogP contribution in [0.25, 0.3) is 0 Å². The largest absolute Gasteiger partial charge is 0.379 e. The first-order chi connectivity index (χ1) is 13.6. The van der Waals surface area contributed by atoms with E-state index < -0.39 is 0 Å². The molecule has 0 N–H and O–H groups in total. The Balaban J connectivity index is 1.49. The molecule has 0 radical (unpaired) electrons. The van der Waals surface area contributed by atoms with Crippen molar-refractivity contribution in [2.24, 2.45) is 5.41 Å². The van der Waals surface area contributed by atoms with Crippen molar-refractivity contribution < 1.29 is 13.9 Å². The minimum atomic E-state index is -0.309. The lowest BCUT2D eigenvalue weighted by Crippen LogP contribution is -2.40. The lowest BCUT2D eigenvalue weighted by Gasteiger charge is -2.31. The summed E-state index contributed by atoms with van der Waals surface area (Å²) in [5.41, 5.74) is 2.24. The normalized spacial score (nSPS) is 23.0. The number of nitriles is 1. The van der Waals surface area contributed by atoms with E-state index in [1.54, 1.807) is 17.0 Å². The van der Waals surface area contributed by atoms with Crippen molar-refractivity contribution >= 4 is 11.6 Å². The molecule has 2 saturated heterocycles. The first-order valence-corrected chi connectivity index (χ1v) is 9.42. The van der Waals surface area contributed by atoms with Gasteiger partial charge in [0.05, 0.1) is 24.8 Å². The Labute approximate surface area is 163 Å². The van der Waals surface area contributed by atoms with Gasteiger partial charge in [0.1, 0.15) is 5.82 Å². The van der Waals surface area contributed by atoms with Crippen LogP contribution in [-0.4, -0.2) is 43.7 Å². The summed E-state index contributed by atoms with van der Waals surface area (Å²) in [4.78, 5) is 16.8. The highest BCUT2D eigenvalue weighted by Gasteiger charge is 2.45. The van der Waals surface area contributed by atoms with Gasteiger partial charge in [-0.05, 0) is 42.0 Å². The maximum Gasteiger partial charge on any atom is 0.227 e. The number of anilines is 1. The first-order valence-electron chi connectivity index (χ1n) is 9.42. The van der Waals surface area contributed by atoms with E-state index in [-0.39, 0.29) is 17.1 Å². The quantitative estimate of drug-likeness (QED) is 0.823. The predicted octanol–water partition coefficient (Wildman–Crippen LogP) is 2.95. The summed E-state index contributed by atoms with van der Waals surface area (Å²) in [6, 6.07) is 15.8. The molecule has 1 amide bonds. The number of carbonyl (C=O) groups is 1. The number of benzene rings is 2. The smallest absolute Gasteiger partial charge is 0.227 e. The van der Waals surface area contributed by atoms with E-state index in [9.17, 15) is 9.18 Å². The second-order valence-corrected chi connectivity index (χ2v) is 7.71. The molecule has 0 aromatic heterocycles. The highest BCUT2D eigenvalue weighted by molar-refractivity contribution is 5.96. The second kappa shape index (κ2) is 7.70. The monoisotopic (exact) mass is 379 g/mol. The molecular weight excluding hydrogens is 357 g/mol. The summed E-state index contributed by atoms with van der Waals surface area (Å²) in [7, 11) is 0. The molecule has 2 heterocycles. The van der Waals surface area contributed by atoms with E-state index >= 15 is 0 Å². The van der Waals surface area contributed by atoms with Crippen LogP contribution in [0.4, 0.5) is 10.1 Å². The fraction of sp³-hybridized carbons (Fsp3) is 0.364. The number of hydrogen-bond donors (Lipinski definition) is 0. The Morgan fingerprint density at radius 3 is 2.57 bits per heavy atom. The zero-order chi connectivity index (χ0) is 19.6. The van der Waals surface area contributed by atoms with Gasteiger partial charge in [0.15, 0.2) is 0 Å². The SMILES string of the molecule is N#Cc1ccc(CN2CCOC[C@]3(CC(=O)N(c4ccc(F)cc4)C3)C2)cc1. The fourth-order valence-electron chi connectivity index (χ4n) is 4.11. The third kappa shape index (κ3) is 3.91. The Hall–Kier alpha value is -2.75. The van der Waals surface area contributed by atoms with Crippen molar-refractivity contribution in [3.63, 3.8) is 0 Å². The molecule has 0 unspecified atom stereocenters. The number of carbonyl (C=O) groups excluding carboxylic acids is 1. The van der Waals surface area contributed by atoms with Gasteiger partial charge in [-0.15, -0.1) is 0 Å². The molecule has 2 fully saturated rings. The van der Waals surface area contributed by atoms with Crippen LogP contribution in [0, 0.1) is 22.6 Å². The average Bonchev–Trinajstić information content (AvgIpc) is 2.89. The molecule has 0 saturated carbocycles. The van der Waals surface area contributed by atoms with Crippen molar-refractivity contribution in [1.82, 2.24) is 4.90 Å². The third-order valence-corrected chi connectivity index (χ3v) is 5.47. The number of rotatable bonds is 3. The fourth-order valence-corrected chi connectivity index (χ4v) is 4.11. The van der Waals surface area contributed by atoms with Gasteiger partial charge in [-0.2, -0.15) is 5.26 Å². The van der Waals surface area contributed by atoms with Crippen LogP contribution < -0.4 is 4.90 Å². The standard InChI is InChI=1S/C22H22FN3O2/c23-19-5-7-20(8-6-19)26-15-22(11-21(26)27)14-25(9-10-28-16-22)13-18-3-1-17(12-24)2-4-18/h1-8H,9-11,13-16H2/t22-/m1/s1. The minimum absolute atomic E-state index is 0.0513. The van der Waals surface area contributed by atoms with Gasteiger partial charge in [-0.1, -0.05) is 12.1 Å². The van der Waals surface area contributed by atoms with Gasteiger partial charge in [0.25, 0.3) is 0 Å². The van der Waals surface area contributed by atoms with E-state index in [1.165, 1.54) is 12.1 Å². The maximum atomic E-state index is 13.2. The van der Waals surface area contributed by atoms with E-state index in [1.807, 2.05) is 24.3 Å². The van der Waals surface area contributed by atoms with E-state index in [2.05, 4.69) is 11.0 Å². The zero-order valence-corrected chi connectivity index (χ0v) is 15.6. The van der Waals surface area contributed by atoms with Gasteiger partial charge in [0.2, 0.25) is 5.91 Å². The topological polar surface area (TPSA) is 56.6 Å². The van der Waals surface area contributed by atoms with Crippen LogP contribution >= 0.6 is 0 Å². The lowest BCUT2D eigenvalue weighted by molar-refractivity contribution is -0.118. The Morgan fingerprint density at radius 2 is 1.86 bits per heavy atom. The van der Waals surface area contributed by atoms with Crippen LogP contribution in [0.1, 0.15) is 17.5 Å². The Bertz CT molecular complexity index is 891.